The van der Waals surface area contributed by atoms with Crippen LogP contribution in [0.15, 0.2) is 55.1 Å². The highest BCUT2D eigenvalue weighted by Crippen LogP contribution is 2.29. The first-order valence-corrected chi connectivity index (χ1v) is 12.1. The van der Waals surface area contributed by atoms with Crippen molar-refractivity contribution >= 4 is 0 Å². The van der Waals surface area contributed by atoms with Crippen molar-refractivity contribution in [3.63, 3.8) is 0 Å². The van der Waals surface area contributed by atoms with Crippen LogP contribution in [0.5, 0.6) is 17.2 Å². The molecule has 36 heavy (non-hydrogen) atoms. The highest BCUT2D eigenvalue weighted by molar-refractivity contribution is 5.43. The summed E-state index contributed by atoms with van der Waals surface area (Å²) in [4.78, 5) is 6.18. The van der Waals surface area contributed by atoms with Gasteiger partial charge in [-0.15, -0.1) is 0 Å². The molecule has 9 heteroatoms. The molecule has 1 atom stereocenters. The van der Waals surface area contributed by atoms with Gasteiger partial charge in [0.25, 0.3) is 0 Å². The van der Waals surface area contributed by atoms with Crippen molar-refractivity contribution in [3.05, 3.63) is 72.1 Å². The topological polar surface area (TPSA) is 78.2 Å². The van der Waals surface area contributed by atoms with Crippen molar-refractivity contribution in [3.8, 4) is 17.2 Å². The van der Waals surface area contributed by atoms with E-state index in [2.05, 4.69) is 9.88 Å². The number of benzene rings is 2. The number of rotatable bonds is 11. The third-order valence-electron chi connectivity index (χ3n) is 6.09. The van der Waals surface area contributed by atoms with Crippen molar-refractivity contribution in [1.82, 2.24) is 14.5 Å². The van der Waals surface area contributed by atoms with Crippen molar-refractivity contribution < 1.29 is 28.4 Å². The first kappa shape index (κ1) is 25.9. The number of methoxy groups -OCH3 is 1. The average Bonchev–Trinajstić information content (AvgIpc) is 3.32. The minimum atomic E-state index is -1.19. The minimum absolute atomic E-state index is 0.0454. The molecule has 1 N–H and O–H groups in total. The molecule has 3 aromatic rings. The van der Waals surface area contributed by atoms with Crippen LogP contribution >= 0.6 is 0 Å². The summed E-state index contributed by atoms with van der Waals surface area (Å²) >= 11 is 0. The van der Waals surface area contributed by atoms with Gasteiger partial charge in [-0.2, -0.15) is 0 Å². The Morgan fingerprint density at radius 1 is 1.17 bits per heavy atom. The van der Waals surface area contributed by atoms with Crippen molar-refractivity contribution in [1.29, 1.82) is 0 Å². The van der Waals surface area contributed by atoms with Gasteiger partial charge in [-0.3, -0.25) is 4.90 Å². The molecule has 0 saturated carbocycles. The van der Waals surface area contributed by atoms with Crippen LogP contribution in [-0.4, -0.2) is 71.8 Å². The molecular weight excluding hydrogens is 465 g/mol. The van der Waals surface area contributed by atoms with Gasteiger partial charge in [0.15, 0.2) is 11.5 Å². The van der Waals surface area contributed by atoms with Crippen LogP contribution in [-0.2, 0) is 17.8 Å². The summed E-state index contributed by atoms with van der Waals surface area (Å²) in [6, 6.07) is 10.5. The molecule has 1 aromatic heterocycles. The molecule has 8 nitrogen and oxygen atoms in total. The molecule has 0 unspecified atom stereocenters. The van der Waals surface area contributed by atoms with E-state index in [1.54, 1.807) is 38.7 Å². The Labute approximate surface area is 211 Å². The SMILES string of the molecule is COc1cc(CN2CCOC[C@](O)(COc3ccc(F)c(C)c3)C2)ccc1OCCCn1ccnc1. The number of imidazole rings is 1. The molecular formula is C27H34FN3O5. The van der Waals surface area contributed by atoms with Crippen LogP contribution in [0.25, 0.3) is 0 Å². The largest absolute Gasteiger partial charge is 0.493 e. The maximum Gasteiger partial charge on any atom is 0.161 e. The van der Waals surface area contributed by atoms with Crippen LogP contribution in [0.3, 0.4) is 0 Å². The number of halogens is 1. The monoisotopic (exact) mass is 499 g/mol. The average molecular weight is 500 g/mol. The maximum atomic E-state index is 13.5. The fourth-order valence-corrected chi connectivity index (χ4v) is 4.18. The third kappa shape index (κ3) is 7.19. The van der Waals surface area contributed by atoms with Gasteiger partial charge in [0.1, 0.15) is 23.8 Å². The number of hydrogen-bond acceptors (Lipinski definition) is 7. The zero-order valence-electron chi connectivity index (χ0n) is 20.9. The molecule has 194 valence electrons. The summed E-state index contributed by atoms with van der Waals surface area (Å²) in [6.45, 7) is 5.46. The van der Waals surface area contributed by atoms with Crippen molar-refractivity contribution in [2.75, 3.05) is 46.6 Å². The van der Waals surface area contributed by atoms with E-state index >= 15 is 0 Å². The van der Waals surface area contributed by atoms with Gasteiger partial charge in [0, 0.05) is 38.6 Å². The van der Waals surface area contributed by atoms with Crippen LogP contribution < -0.4 is 14.2 Å². The molecule has 2 aromatic carbocycles. The second-order valence-corrected chi connectivity index (χ2v) is 9.17. The Morgan fingerprint density at radius 3 is 2.83 bits per heavy atom. The Bertz CT molecular complexity index is 1110. The summed E-state index contributed by atoms with van der Waals surface area (Å²) < 4.78 is 38.5. The molecule has 0 spiro atoms. The molecule has 0 amide bonds. The second kappa shape index (κ2) is 12.2. The maximum absolute atomic E-state index is 13.5. The number of ether oxygens (including phenoxy) is 4. The van der Waals surface area contributed by atoms with Gasteiger partial charge in [-0.05, 0) is 54.8 Å². The summed E-state index contributed by atoms with van der Waals surface area (Å²) in [5, 5.41) is 11.2. The standard InChI is InChI=1S/C27H34FN3O5/c1-21-14-23(5-6-24(21)28)36-19-27(32)17-31(11-13-34-18-27)16-22-4-7-25(26(15-22)33-2)35-12-3-9-30-10-8-29-20-30/h4-8,10,14-15,20,32H,3,9,11-13,16-19H2,1-2H3/t27-/m0/s1. The molecule has 1 aliphatic heterocycles. The number of nitrogens with zero attached hydrogens (tertiary/aromatic N) is 3. The van der Waals surface area contributed by atoms with Gasteiger partial charge >= 0.3 is 0 Å². The van der Waals surface area contributed by atoms with E-state index in [1.165, 1.54) is 6.07 Å². The first-order chi connectivity index (χ1) is 17.4. The second-order valence-electron chi connectivity index (χ2n) is 9.17. The van der Waals surface area contributed by atoms with E-state index in [0.29, 0.717) is 55.7 Å². The number of aryl methyl sites for hydroxylation is 2. The molecule has 0 radical (unpaired) electrons. The van der Waals surface area contributed by atoms with E-state index < -0.39 is 5.60 Å². The molecule has 0 bridgehead atoms. The highest BCUT2D eigenvalue weighted by Gasteiger charge is 2.33. The molecule has 1 saturated heterocycles. The number of aliphatic hydroxyl groups is 1. The lowest BCUT2D eigenvalue weighted by atomic mass is 10.1. The van der Waals surface area contributed by atoms with Gasteiger partial charge in [0.2, 0.25) is 0 Å². The van der Waals surface area contributed by atoms with Crippen LogP contribution in [0.4, 0.5) is 4.39 Å². The zero-order chi connectivity index (χ0) is 25.4. The van der Waals surface area contributed by atoms with Gasteiger partial charge in [0.05, 0.1) is 33.3 Å². The van der Waals surface area contributed by atoms with E-state index in [4.69, 9.17) is 18.9 Å². The van der Waals surface area contributed by atoms with E-state index in [1.807, 2.05) is 29.0 Å². The summed E-state index contributed by atoms with van der Waals surface area (Å²) in [7, 11) is 1.63. The predicted octanol–water partition coefficient (Wildman–Crippen LogP) is 3.45. The summed E-state index contributed by atoms with van der Waals surface area (Å²) in [5.74, 6) is 1.60. The van der Waals surface area contributed by atoms with Crippen LogP contribution in [0.2, 0.25) is 0 Å². The van der Waals surface area contributed by atoms with Gasteiger partial charge in [-0.25, -0.2) is 9.37 Å². The number of β-amino-alcohol motifs (C(OH)–C–C–N with tert-alkyl or cyclic N) is 1. The minimum Gasteiger partial charge on any atom is -0.493 e. The van der Waals surface area contributed by atoms with Crippen LogP contribution in [0.1, 0.15) is 17.5 Å². The summed E-state index contributed by atoms with van der Waals surface area (Å²) in [6.07, 6.45) is 6.34. The van der Waals surface area contributed by atoms with Gasteiger partial charge in [-0.1, -0.05) is 6.07 Å². The van der Waals surface area contributed by atoms with Crippen molar-refractivity contribution in [2.24, 2.45) is 0 Å². The van der Waals surface area contributed by atoms with E-state index in [-0.39, 0.29) is 19.0 Å². The zero-order valence-corrected chi connectivity index (χ0v) is 20.9. The third-order valence-corrected chi connectivity index (χ3v) is 6.09. The molecule has 1 aliphatic rings. The predicted molar refractivity (Wildman–Crippen MR) is 133 cm³/mol. The van der Waals surface area contributed by atoms with Crippen molar-refractivity contribution in [2.45, 2.75) is 32.0 Å². The normalized spacial score (nSPS) is 18.6. The molecule has 1 fully saturated rings. The van der Waals surface area contributed by atoms with E-state index in [0.717, 1.165) is 18.5 Å². The fraction of sp³-hybridized carbons (Fsp3) is 0.444. The van der Waals surface area contributed by atoms with Crippen LogP contribution in [0, 0.1) is 12.7 Å². The lowest BCUT2D eigenvalue weighted by Crippen LogP contribution is -2.48. The number of aromatic nitrogens is 2. The number of hydrogen-bond donors (Lipinski definition) is 1. The smallest absolute Gasteiger partial charge is 0.161 e. The Kier molecular flexibility index (Phi) is 8.79. The Balaban J connectivity index is 1.32. The Morgan fingerprint density at radius 2 is 2.06 bits per heavy atom. The van der Waals surface area contributed by atoms with Gasteiger partial charge < -0.3 is 28.6 Å². The lowest BCUT2D eigenvalue weighted by molar-refractivity contribution is -0.0646. The fourth-order valence-electron chi connectivity index (χ4n) is 4.18. The Hall–Kier alpha value is -3.14. The molecule has 4 rings (SSSR count). The lowest BCUT2D eigenvalue weighted by Gasteiger charge is -2.30. The highest BCUT2D eigenvalue weighted by atomic mass is 19.1. The first-order valence-electron chi connectivity index (χ1n) is 12.1. The molecule has 2 heterocycles. The quantitative estimate of drug-likeness (QED) is 0.405. The van der Waals surface area contributed by atoms with E-state index in [9.17, 15) is 9.50 Å². The molecule has 0 aliphatic carbocycles. The summed E-state index contributed by atoms with van der Waals surface area (Å²) in [5.41, 5.74) is 0.344.